The molecule has 6 nitrogen and oxygen atoms in total. The average Bonchev–Trinajstić information content (AvgIpc) is 3.31. The van der Waals surface area contributed by atoms with E-state index in [-0.39, 0.29) is 29.0 Å². The molecule has 4 rings (SSSR count). The lowest BCUT2D eigenvalue weighted by atomic mass is 10.1. The van der Waals surface area contributed by atoms with Crippen LogP contribution >= 0.6 is 0 Å². The zero-order valence-corrected chi connectivity index (χ0v) is 14.3. The van der Waals surface area contributed by atoms with Gasteiger partial charge < -0.3 is 13.9 Å². The number of benzene rings is 1. The highest BCUT2D eigenvalue weighted by Gasteiger charge is 2.32. The SMILES string of the molecule is CC1c2nncn2CCN1C(=O)c1ccc(-c2cccc(C(F)(F)F)c2)o1. The smallest absolute Gasteiger partial charge is 0.416 e. The van der Waals surface area contributed by atoms with E-state index in [1.165, 1.54) is 24.3 Å². The molecular weight excluding hydrogens is 361 g/mol. The largest absolute Gasteiger partial charge is 0.451 e. The van der Waals surface area contributed by atoms with E-state index in [0.29, 0.717) is 18.9 Å². The van der Waals surface area contributed by atoms with E-state index in [9.17, 15) is 18.0 Å². The second-order valence-corrected chi connectivity index (χ2v) is 6.30. The van der Waals surface area contributed by atoms with Crippen molar-refractivity contribution in [3.05, 3.63) is 59.9 Å². The minimum Gasteiger partial charge on any atom is -0.451 e. The van der Waals surface area contributed by atoms with Crippen LogP contribution in [0.15, 0.2) is 47.1 Å². The molecule has 0 saturated heterocycles. The van der Waals surface area contributed by atoms with Gasteiger partial charge in [-0.2, -0.15) is 13.2 Å². The van der Waals surface area contributed by atoms with Gasteiger partial charge in [0.1, 0.15) is 12.1 Å². The molecule has 1 atom stereocenters. The summed E-state index contributed by atoms with van der Waals surface area (Å²) in [7, 11) is 0. The number of alkyl halides is 3. The summed E-state index contributed by atoms with van der Waals surface area (Å²) in [6, 6.07) is 7.50. The third-order valence-corrected chi connectivity index (χ3v) is 4.62. The molecule has 1 unspecified atom stereocenters. The zero-order valence-electron chi connectivity index (χ0n) is 14.3. The lowest BCUT2D eigenvalue weighted by Gasteiger charge is -2.32. The summed E-state index contributed by atoms with van der Waals surface area (Å²) in [4.78, 5) is 14.4. The number of rotatable bonds is 2. The molecular formula is C18H15F3N4O2. The Kier molecular flexibility index (Phi) is 4.01. The molecule has 0 aliphatic carbocycles. The number of amides is 1. The molecule has 1 aliphatic heterocycles. The van der Waals surface area contributed by atoms with Crippen molar-refractivity contribution in [3.8, 4) is 11.3 Å². The number of hydrogen-bond acceptors (Lipinski definition) is 4. The van der Waals surface area contributed by atoms with E-state index in [1.54, 1.807) is 11.2 Å². The van der Waals surface area contributed by atoms with Gasteiger partial charge >= 0.3 is 6.18 Å². The van der Waals surface area contributed by atoms with Crippen LogP contribution in [-0.4, -0.2) is 32.1 Å². The number of hydrogen-bond donors (Lipinski definition) is 0. The number of furan rings is 1. The lowest BCUT2D eigenvalue weighted by molar-refractivity contribution is -0.137. The number of aromatic nitrogens is 3. The molecule has 140 valence electrons. The highest BCUT2D eigenvalue weighted by Crippen LogP contribution is 2.33. The van der Waals surface area contributed by atoms with Crippen LogP contribution in [0.3, 0.4) is 0 Å². The van der Waals surface area contributed by atoms with E-state index in [0.717, 1.165) is 12.1 Å². The summed E-state index contributed by atoms with van der Waals surface area (Å²) < 4.78 is 46.1. The molecule has 9 heteroatoms. The first kappa shape index (κ1) is 17.3. The second-order valence-electron chi connectivity index (χ2n) is 6.30. The number of carbonyl (C=O) groups excluding carboxylic acids is 1. The van der Waals surface area contributed by atoms with Crippen LogP contribution in [0.1, 0.15) is 34.9 Å². The fraction of sp³-hybridized carbons (Fsp3) is 0.278. The van der Waals surface area contributed by atoms with Crippen molar-refractivity contribution in [2.75, 3.05) is 6.54 Å². The molecule has 0 N–H and O–H groups in total. The van der Waals surface area contributed by atoms with Gasteiger partial charge in [-0.25, -0.2) is 0 Å². The van der Waals surface area contributed by atoms with E-state index in [1.807, 2.05) is 11.5 Å². The van der Waals surface area contributed by atoms with Crippen molar-refractivity contribution in [2.45, 2.75) is 25.7 Å². The zero-order chi connectivity index (χ0) is 19.2. The molecule has 2 aromatic heterocycles. The van der Waals surface area contributed by atoms with E-state index < -0.39 is 11.7 Å². The average molecular weight is 376 g/mol. The quantitative estimate of drug-likeness (QED) is 0.683. The Balaban J connectivity index is 1.59. The number of carbonyl (C=O) groups is 1. The number of fused-ring (bicyclic) bond motifs is 1. The summed E-state index contributed by atoms with van der Waals surface area (Å²) in [6.07, 6.45) is -2.83. The molecule has 1 aliphatic rings. The van der Waals surface area contributed by atoms with E-state index >= 15 is 0 Å². The summed E-state index contributed by atoms with van der Waals surface area (Å²) in [5.41, 5.74) is -0.511. The summed E-state index contributed by atoms with van der Waals surface area (Å²) in [6.45, 7) is 2.87. The van der Waals surface area contributed by atoms with Crippen molar-refractivity contribution >= 4 is 5.91 Å². The normalized spacial score (nSPS) is 17.0. The van der Waals surface area contributed by atoms with E-state index in [4.69, 9.17) is 4.42 Å². The Labute approximate surface area is 152 Å². The minimum atomic E-state index is -4.44. The van der Waals surface area contributed by atoms with Crippen molar-refractivity contribution in [3.63, 3.8) is 0 Å². The van der Waals surface area contributed by atoms with Gasteiger partial charge in [0.2, 0.25) is 0 Å². The molecule has 3 heterocycles. The Morgan fingerprint density at radius 3 is 2.81 bits per heavy atom. The van der Waals surface area contributed by atoms with E-state index in [2.05, 4.69) is 10.2 Å². The maximum Gasteiger partial charge on any atom is 0.416 e. The van der Waals surface area contributed by atoms with Gasteiger partial charge in [0.15, 0.2) is 11.6 Å². The molecule has 0 fully saturated rings. The van der Waals surface area contributed by atoms with Gasteiger partial charge in [-0.1, -0.05) is 12.1 Å². The summed E-state index contributed by atoms with van der Waals surface area (Å²) >= 11 is 0. The predicted molar refractivity (Wildman–Crippen MR) is 88.6 cm³/mol. The predicted octanol–water partition coefficient (Wildman–Crippen LogP) is 3.77. The highest BCUT2D eigenvalue weighted by atomic mass is 19.4. The fourth-order valence-electron chi connectivity index (χ4n) is 3.18. The topological polar surface area (TPSA) is 64.2 Å². The Hall–Kier alpha value is -3.10. The molecule has 0 saturated carbocycles. The van der Waals surface area contributed by atoms with Crippen LogP contribution in [0.2, 0.25) is 0 Å². The summed E-state index contributed by atoms with van der Waals surface area (Å²) in [5, 5.41) is 7.88. The first-order chi connectivity index (χ1) is 12.8. The Bertz CT molecular complexity index is 992. The third-order valence-electron chi connectivity index (χ3n) is 4.62. The van der Waals surface area contributed by atoms with Crippen LogP contribution < -0.4 is 0 Å². The summed E-state index contributed by atoms with van der Waals surface area (Å²) in [5.74, 6) is 0.619. The van der Waals surface area contributed by atoms with Crippen LogP contribution in [0.4, 0.5) is 13.2 Å². The van der Waals surface area contributed by atoms with Crippen LogP contribution in [0, 0.1) is 0 Å². The van der Waals surface area contributed by atoms with Crippen molar-refractivity contribution < 1.29 is 22.4 Å². The van der Waals surface area contributed by atoms with Crippen molar-refractivity contribution in [2.24, 2.45) is 0 Å². The van der Waals surface area contributed by atoms with Crippen LogP contribution in [-0.2, 0) is 12.7 Å². The molecule has 1 amide bonds. The first-order valence-corrected chi connectivity index (χ1v) is 8.31. The number of halogens is 3. The molecule has 0 bridgehead atoms. The Morgan fingerprint density at radius 1 is 1.22 bits per heavy atom. The highest BCUT2D eigenvalue weighted by molar-refractivity contribution is 5.92. The first-order valence-electron chi connectivity index (χ1n) is 8.31. The van der Waals surface area contributed by atoms with Gasteiger partial charge in [0, 0.05) is 18.7 Å². The van der Waals surface area contributed by atoms with Crippen molar-refractivity contribution in [1.29, 1.82) is 0 Å². The van der Waals surface area contributed by atoms with Gasteiger partial charge in [0.25, 0.3) is 5.91 Å². The molecule has 27 heavy (non-hydrogen) atoms. The lowest BCUT2D eigenvalue weighted by Crippen LogP contribution is -2.40. The monoisotopic (exact) mass is 376 g/mol. The fourth-order valence-corrected chi connectivity index (χ4v) is 3.18. The van der Waals surface area contributed by atoms with Gasteiger partial charge in [0.05, 0.1) is 11.6 Å². The Morgan fingerprint density at radius 2 is 2.04 bits per heavy atom. The molecule has 3 aromatic rings. The molecule has 0 spiro atoms. The second kappa shape index (κ2) is 6.26. The molecule has 1 aromatic carbocycles. The maximum atomic E-state index is 12.9. The molecule has 0 radical (unpaired) electrons. The maximum absolute atomic E-state index is 12.9. The number of nitrogens with zero attached hydrogens (tertiary/aromatic N) is 4. The van der Waals surface area contributed by atoms with Gasteiger partial charge in [-0.05, 0) is 31.2 Å². The van der Waals surface area contributed by atoms with Crippen molar-refractivity contribution in [1.82, 2.24) is 19.7 Å². The van der Waals surface area contributed by atoms with Crippen LogP contribution in [0.25, 0.3) is 11.3 Å². The standard InChI is InChI=1S/C18H15F3N4O2/c1-11-16-23-22-10-24(16)7-8-25(11)17(26)15-6-5-14(27-15)12-3-2-4-13(9-12)18(19,20)21/h2-6,9-11H,7-8H2,1H3. The van der Waals surface area contributed by atoms with Gasteiger partial charge in [-0.15, -0.1) is 10.2 Å². The van der Waals surface area contributed by atoms with Gasteiger partial charge in [-0.3, -0.25) is 4.79 Å². The van der Waals surface area contributed by atoms with Crippen LogP contribution in [0.5, 0.6) is 0 Å². The third kappa shape index (κ3) is 3.09. The minimum absolute atomic E-state index is 0.0715.